The number of nitrogens with one attached hydrogen (secondary N) is 1. The van der Waals surface area contributed by atoms with Crippen molar-refractivity contribution < 1.29 is 14.6 Å². The molecule has 5 heteroatoms. The quantitative estimate of drug-likeness (QED) is 0.876. The summed E-state index contributed by atoms with van der Waals surface area (Å²) >= 11 is 5.84. The van der Waals surface area contributed by atoms with Crippen LogP contribution < -0.4 is 5.32 Å². The molecular formula is C16H22ClNO3. The van der Waals surface area contributed by atoms with Crippen LogP contribution in [0.5, 0.6) is 0 Å². The van der Waals surface area contributed by atoms with Gasteiger partial charge in [-0.15, -0.1) is 0 Å². The monoisotopic (exact) mass is 311 g/mol. The topological polar surface area (TPSA) is 58.6 Å². The lowest BCUT2D eigenvalue weighted by Gasteiger charge is -2.32. The number of hydrogen-bond acceptors (Lipinski definition) is 3. The molecule has 4 nitrogen and oxygen atoms in total. The van der Waals surface area contributed by atoms with E-state index in [9.17, 15) is 9.90 Å². The zero-order valence-corrected chi connectivity index (χ0v) is 13.0. The van der Waals surface area contributed by atoms with Crippen LogP contribution in [0.25, 0.3) is 0 Å². The normalized spacial score (nSPS) is 19.0. The molecule has 1 aromatic carbocycles. The Balaban J connectivity index is 1.80. The van der Waals surface area contributed by atoms with E-state index in [0.717, 1.165) is 5.56 Å². The number of rotatable bonds is 5. The Labute approximate surface area is 130 Å². The number of hydrogen-bond donors (Lipinski definition) is 2. The van der Waals surface area contributed by atoms with Crippen molar-refractivity contribution in [2.75, 3.05) is 19.8 Å². The number of ether oxygens (including phenoxy) is 1. The van der Waals surface area contributed by atoms with Crippen LogP contribution in [0.3, 0.4) is 0 Å². The fourth-order valence-electron chi connectivity index (χ4n) is 2.42. The average Bonchev–Trinajstić information content (AvgIpc) is 2.48. The van der Waals surface area contributed by atoms with Gasteiger partial charge in [0, 0.05) is 43.5 Å². The minimum absolute atomic E-state index is 0.0372. The van der Waals surface area contributed by atoms with E-state index in [1.165, 1.54) is 0 Å². The Hall–Kier alpha value is -1.10. The van der Waals surface area contributed by atoms with Crippen molar-refractivity contribution in [1.82, 2.24) is 5.32 Å². The highest BCUT2D eigenvalue weighted by Gasteiger charge is 2.30. The van der Waals surface area contributed by atoms with Crippen LogP contribution in [0.2, 0.25) is 5.02 Å². The summed E-state index contributed by atoms with van der Waals surface area (Å²) in [4.78, 5) is 12.1. The summed E-state index contributed by atoms with van der Waals surface area (Å²) in [6, 6.07) is 7.51. The third-order valence-corrected chi connectivity index (χ3v) is 4.17. The predicted molar refractivity (Wildman–Crippen MR) is 82.3 cm³/mol. The van der Waals surface area contributed by atoms with E-state index >= 15 is 0 Å². The van der Waals surface area contributed by atoms with Gasteiger partial charge in [-0.25, -0.2) is 0 Å². The first-order valence-electron chi connectivity index (χ1n) is 7.31. The SMILES string of the molecule is CC(Cc1ccc(Cl)cc1)C(=O)NCC1(O)CCOCC1. The first-order chi connectivity index (χ1) is 9.98. The minimum atomic E-state index is -0.825. The molecule has 0 bridgehead atoms. The minimum Gasteiger partial charge on any atom is -0.388 e. The summed E-state index contributed by atoms with van der Waals surface area (Å²) in [5.41, 5.74) is 0.250. The Morgan fingerprint density at radius 3 is 2.62 bits per heavy atom. The Morgan fingerprint density at radius 1 is 1.38 bits per heavy atom. The smallest absolute Gasteiger partial charge is 0.223 e. The van der Waals surface area contributed by atoms with Gasteiger partial charge in [-0.3, -0.25) is 4.79 Å². The molecule has 0 saturated carbocycles. The van der Waals surface area contributed by atoms with Gasteiger partial charge in [-0.05, 0) is 24.1 Å². The van der Waals surface area contributed by atoms with Crippen LogP contribution in [0.4, 0.5) is 0 Å². The molecule has 21 heavy (non-hydrogen) atoms. The van der Waals surface area contributed by atoms with E-state index in [-0.39, 0.29) is 11.8 Å². The maximum Gasteiger partial charge on any atom is 0.223 e. The molecule has 0 aliphatic carbocycles. The van der Waals surface area contributed by atoms with Crippen LogP contribution in [0.15, 0.2) is 24.3 Å². The molecule has 116 valence electrons. The Kier molecular flexibility index (Phi) is 5.62. The molecule has 0 spiro atoms. The summed E-state index contributed by atoms with van der Waals surface area (Å²) in [6.45, 7) is 3.28. The van der Waals surface area contributed by atoms with Gasteiger partial charge in [0.05, 0.1) is 5.60 Å². The van der Waals surface area contributed by atoms with Crippen LogP contribution >= 0.6 is 11.6 Å². The van der Waals surface area contributed by atoms with Crippen molar-refractivity contribution in [3.8, 4) is 0 Å². The lowest BCUT2D eigenvalue weighted by Crippen LogP contribution is -2.47. The van der Waals surface area contributed by atoms with E-state index in [1.807, 2.05) is 31.2 Å². The van der Waals surface area contributed by atoms with E-state index in [2.05, 4.69) is 5.32 Å². The van der Waals surface area contributed by atoms with E-state index in [4.69, 9.17) is 16.3 Å². The first-order valence-corrected chi connectivity index (χ1v) is 7.69. The lowest BCUT2D eigenvalue weighted by molar-refractivity contribution is -0.127. The summed E-state index contributed by atoms with van der Waals surface area (Å²) in [7, 11) is 0. The maximum atomic E-state index is 12.1. The molecule has 1 unspecified atom stereocenters. The molecule has 1 aromatic rings. The number of benzene rings is 1. The number of amides is 1. The second-order valence-corrected chi connectivity index (χ2v) is 6.22. The number of carbonyl (C=O) groups is 1. The summed E-state index contributed by atoms with van der Waals surface area (Å²) < 4.78 is 5.22. The van der Waals surface area contributed by atoms with E-state index in [0.29, 0.717) is 44.0 Å². The first kappa shape index (κ1) is 16.3. The van der Waals surface area contributed by atoms with Gasteiger partial charge < -0.3 is 15.2 Å². The van der Waals surface area contributed by atoms with Crippen molar-refractivity contribution in [2.24, 2.45) is 5.92 Å². The summed E-state index contributed by atoms with van der Waals surface area (Å²) in [6.07, 6.45) is 1.79. The Bertz CT molecular complexity index is 469. The third kappa shape index (κ3) is 4.99. The molecule has 2 N–H and O–H groups in total. The van der Waals surface area contributed by atoms with Gasteiger partial charge in [-0.1, -0.05) is 30.7 Å². The molecule has 0 radical (unpaired) electrons. The van der Waals surface area contributed by atoms with Gasteiger partial charge in [0.2, 0.25) is 5.91 Å². The van der Waals surface area contributed by atoms with Crippen molar-refractivity contribution >= 4 is 17.5 Å². The van der Waals surface area contributed by atoms with Gasteiger partial charge in [0.1, 0.15) is 0 Å². The largest absolute Gasteiger partial charge is 0.388 e. The van der Waals surface area contributed by atoms with E-state index < -0.39 is 5.60 Å². The number of carbonyl (C=O) groups excluding carboxylic acids is 1. The fourth-order valence-corrected chi connectivity index (χ4v) is 2.55. The van der Waals surface area contributed by atoms with E-state index in [1.54, 1.807) is 0 Å². The van der Waals surface area contributed by atoms with Crippen LogP contribution in [-0.2, 0) is 16.0 Å². The zero-order chi connectivity index (χ0) is 15.3. The zero-order valence-electron chi connectivity index (χ0n) is 12.3. The van der Waals surface area contributed by atoms with Crippen molar-refractivity contribution in [2.45, 2.75) is 31.8 Å². The molecule has 1 atom stereocenters. The average molecular weight is 312 g/mol. The van der Waals surface area contributed by atoms with Crippen LogP contribution in [0, 0.1) is 5.92 Å². The molecule has 1 heterocycles. The highest BCUT2D eigenvalue weighted by Crippen LogP contribution is 2.19. The molecule has 0 aromatic heterocycles. The molecule has 1 aliphatic rings. The second-order valence-electron chi connectivity index (χ2n) is 5.79. The van der Waals surface area contributed by atoms with Gasteiger partial charge >= 0.3 is 0 Å². The molecule has 1 aliphatic heterocycles. The van der Waals surface area contributed by atoms with Crippen LogP contribution in [-0.4, -0.2) is 36.4 Å². The second kappa shape index (κ2) is 7.25. The highest BCUT2D eigenvalue weighted by atomic mass is 35.5. The van der Waals surface area contributed by atoms with Crippen molar-refractivity contribution in [3.05, 3.63) is 34.9 Å². The molecular weight excluding hydrogens is 290 g/mol. The van der Waals surface area contributed by atoms with Gasteiger partial charge in [0.25, 0.3) is 0 Å². The summed E-state index contributed by atoms with van der Waals surface area (Å²) in [5.74, 6) is -0.181. The predicted octanol–water partition coefficient (Wildman–Crippen LogP) is 2.18. The maximum absolute atomic E-state index is 12.1. The van der Waals surface area contributed by atoms with Crippen molar-refractivity contribution in [3.63, 3.8) is 0 Å². The number of halogens is 1. The molecule has 1 fully saturated rings. The van der Waals surface area contributed by atoms with Gasteiger partial charge in [-0.2, -0.15) is 0 Å². The lowest BCUT2D eigenvalue weighted by atomic mass is 9.94. The fraction of sp³-hybridized carbons (Fsp3) is 0.562. The van der Waals surface area contributed by atoms with Crippen molar-refractivity contribution in [1.29, 1.82) is 0 Å². The molecule has 1 amide bonds. The standard InChI is InChI=1S/C16H22ClNO3/c1-12(10-13-2-4-14(17)5-3-13)15(19)18-11-16(20)6-8-21-9-7-16/h2-5,12,20H,6-11H2,1H3,(H,18,19). The summed E-state index contributed by atoms with van der Waals surface area (Å²) in [5, 5.41) is 13.9. The number of aliphatic hydroxyl groups is 1. The molecule has 2 rings (SSSR count). The molecule has 1 saturated heterocycles. The third-order valence-electron chi connectivity index (χ3n) is 3.92. The van der Waals surface area contributed by atoms with Gasteiger partial charge in [0.15, 0.2) is 0 Å². The van der Waals surface area contributed by atoms with Crippen LogP contribution in [0.1, 0.15) is 25.3 Å². The Morgan fingerprint density at radius 2 is 2.00 bits per heavy atom. The highest BCUT2D eigenvalue weighted by molar-refractivity contribution is 6.30.